The lowest BCUT2D eigenvalue weighted by molar-refractivity contribution is 0.532. The van der Waals surface area contributed by atoms with Crippen LogP contribution in [0, 0.1) is 6.92 Å². The van der Waals surface area contributed by atoms with E-state index < -0.39 is 0 Å². The zero-order valence-corrected chi connectivity index (χ0v) is 16.2. The summed E-state index contributed by atoms with van der Waals surface area (Å²) in [7, 11) is 1.76. The number of fused-ring (bicyclic) bond motifs is 1. The number of benzene rings is 1. The molecular formula is C17H22IN5O. The van der Waals surface area contributed by atoms with E-state index >= 15 is 0 Å². The number of guanidine groups is 1. The fraction of sp³-hybridized carbons (Fsp3) is 0.294. The van der Waals surface area contributed by atoms with Gasteiger partial charge >= 0.3 is 0 Å². The van der Waals surface area contributed by atoms with Crippen molar-refractivity contribution < 1.29 is 4.42 Å². The Hall–Kier alpha value is -2.03. The molecule has 3 rings (SSSR count). The van der Waals surface area contributed by atoms with E-state index in [0.717, 1.165) is 35.8 Å². The lowest BCUT2D eigenvalue weighted by Gasteiger charge is -2.11. The first-order valence-electron chi connectivity index (χ1n) is 7.67. The van der Waals surface area contributed by atoms with E-state index in [9.17, 15) is 0 Å². The van der Waals surface area contributed by atoms with E-state index in [1.165, 1.54) is 5.56 Å². The molecule has 0 bridgehead atoms. The molecule has 3 aromatic rings. The van der Waals surface area contributed by atoms with Crippen LogP contribution in [0.25, 0.3) is 11.0 Å². The molecule has 128 valence electrons. The van der Waals surface area contributed by atoms with Gasteiger partial charge in [0.2, 0.25) is 0 Å². The third-order valence-corrected chi connectivity index (χ3v) is 3.78. The minimum Gasteiger partial charge on any atom is -0.459 e. The van der Waals surface area contributed by atoms with Crippen LogP contribution >= 0.6 is 24.0 Å². The molecule has 2 N–H and O–H groups in total. The van der Waals surface area contributed by atoms with Gasteiger partial charge < -0.3 is 15.1 Å². The molecule has 24 heavy (non-hydrogen) atoms. The van der Waals surface area contributed by atoms with Gasteiger partial charge in [-0.25, -0.2) is 0 Å². The largest absolute Gasteiger partial charge is 0.459 e. The first-order valence-corrected chi connectivity index (χ1v) is 7.67. The average Bonchev–Trinajstić information content (AvgIpc) is 3.19. The molecule has 1 aromatic carbocycles. The Morgan fingerprint density at radius 1 is 1.25 bits per heavy atom. The number of aryl methyl sites for hydroxylation is 1. The van der Waals surface area contributed by atoms with Gasteiger partial charge in [-0.3, -0.25) is 9.67 Å². The van der Waals surface area contributed by atoms with Crippen molar-refractivity contribution >= 4 is 40.9 Å². The first-order chi connectivity index (χ1) is 11.3. The number of aromatic nitrogens is 2. The molecular weight excluding hydrogens is 417 g/mol. The third kappa shape index (κ3) is 4.28. The molecule has 0 amide bonds. The fourth-order valence-electron chi connectivity index (χ4n) is 2.50. The van der Waals surface area contributed by atoms with Crippen LogP contribution in [-0.4, -0.2) is 29.3 Å². The van der Waals surface area contributed by atoms with E-state index in [1.807, 2.05) is 35.1 Å². The van der Waals surface area contributed by atoms with Crippen molar-refractivity contribution in [2.24, 2.45) is 4.99 Å². The highest BCUT2D eigenvalue weighted by atomic mass is 127. The van der Waals surface area contributed by atoms with Crippen LogP contribution in [0.4, 0.5) is 0 Å². The molecule has 0 fully saturated rings. The van der Waals surface area contributed by atoms with Gasteiger partial charge in [0.15, 0.2) is 5.96 Å². The second-order valence-corrected chi connectivity index (χ2v) is 5.27. The molecule has 6 nitrogen and oxygen atoms in total. The highest BCUT2D eigenvalue weighted by Gasteiger charge is 2.10. The molecule has 0 saturated carbocycles. The van der Waals surface area contributed by atoms with Gasteiger partial charge in [0.25, 0.3) is 0 Å². The maximum absolute atomic E-state index is 5.90. The van der Waals surface area contributed by atoms with Gasteiger partial charge in [0.1, 0.15) is 11.3 Å². The molecule has 0 spiro atoms. The van der Waals surface area contributed by atoms with E-state index in [-0.39, 0.29) is 24.0 Å². The summed E-state index contributed by atoms with van der Waals surface area (Å²) < 4.78 is 7.78. The van der Waals surface area contributed by atoms with Crippen LogP contribution in [0.5, 0.6) is 0 Å². The first kappa shape index (κ1) is 18.3. The van der Waals surface area contributed by atoms with Crippen LogP contribution in [-0.2, 0) is 13.1 Å². The van der Waals surface area contributed by atoms with Gasteiger partial charge in [0.05, 0.1) is 13.1 Å². The Morgan fingerprint density at radius 2 is 2.08 bits per heavy atom. The lowest BCUT2D eigenvalue weighted by Crippen LogP contribution is -2.38. The topological polar surface area (TPSA) is 67.4 Å². The predicted molar refractivity (Wildman–Crippen MR) is 107 cm³/mol. The summed E-state index contributed by atoms with van der Waals surface area (Å²) >= 11 is 0. The molecule has 7 heteroatoms. The molecule has 2 heterocycles. The Kier molecular flexibility index (Phi) is 6.65. The maximum atomic E-state index is 5.90. The molecule has 0 aliphatic heterocycles. The quantitative estimate of drug-likeness (QED) is 0.365. The fourth-order valence-corrected chi connectivity index (χ4v) is 2.50. The van der Waals surface area contributed by atoms with E-state index in [2.05, 4.69) is 33.7 Å². The number of para-hydroxylation sites is 1. The molecule has 0 aliphatic rings. The van der Waals surface area contributed by atoms with Gasteiger partial charge in [0, 0.05) is 36.9 Å². The summed E-state index contributed by atoms with van der Waals surface area (Å²) in [4.78, 5) is 4.23. The highest BCUT2D eigenvalue weighted by Crippen LogP contribution is 2.24. The van der Waals surface area contributed by atoms with Crippen molar-refractivity contribution in [1.82, 2.24) is 20.4 Å². The summed E-state index contributed by atoms with van der Waals surface area (Å²) in [5.41, 5.74) is 2.09. The second-order valence-electron chi connectivity index (χ2n) is 5.27. The summed E-state index contributed by atoms with van der Waals surface area (Å²) in [6.45, 7) is 4.22. The van der Waals surface area contributed by atoms with Crippen LogP contribution < -0.4 is 10.6 Å². The summed E-state index contributed by atoms with van der Waals surface area (Å²) in [6, 6.07) is 9.99. The van der Waals surface area contributed by atoms with Gasteiger partial charge in [-0.2, -0.15) is 5.10 Å². The van der Waals surface area contributed by atoms with Crippen molar-refractivity contribution in [1.29, 1.82) is 0 Å². The van der Waals surface area contributed by atoms with E-state index in [4.69, 9.17) is 4.42 Å². The van der Waals surface area contributed by atoms with Crippen molar-refractivity contribution in [3.05, 3.63) is 54.0 Å². The average molecular weight is 439 g/mol. The molecule has 0 aliphatic carbocycles. The Balaban J connectivity index is 0.00000208. The van der Waals surface area contributed by atoms with Crippen LogP contribution in [0.1, 0.15) is 11.3 Å². The minimum absolute atomic E-state index is 0. The Bertz CT molecular complexity index is 795. The van der Waals surface area contributed by atoms with Crippen molar-refractivity contribution in [2.45, 2.75) is 20.0 Å². The summed E-state index contributed by atoms with van der Waals surface area (Å²) in [5, 5.41) is 11.9. The molecule has 0 atom stereocenters. The second kappa shape index (κ2) is 8.72. The number of aliphatic imine (C=N–C) groups is 1. The number of furan rings is 1. The van der Waals surface area contributed by atoms with Gasteiger partial charge in [-0.05, 0) is 19.1 Å². The Labute approximate surface area is 158 Å². The number of hydrogen-bond donors (Lipinski definition) is 2. The zero-order chi connectivity index (χ0) is 16.1. The number of hydrogen-bond acceptors (Lipinski definition) is 3. The summed E-state index contributed by atoms with van der Waals surface area (Å²) in [5.74, 6) is 1.68. The van der Waals surface area contributed by atoms with E-state index in [1.54, 1.807) is 13.2 Å². The van der Waals surface area contributed by atoms with Gasteiger partial charge in [-0.1, -0.05) is 18.2 Å². The number of rotatable bonds is 5. The van der Waals surface area contributed by atoms with Crippen molar-refractivity contribution in [3.63, 3.8) is 0 Å². The molecule has 0 saturated heterocycles. The number of nitrogens with one attached hydrogen (secondary N) is 2. The molecule has 0 radical (unpaired) electrons. The van der Waals surface area contributed by atoms with E-state index in [0.29, 0.717) is 6.54 Å². The SMILES string of the molecule is CN=C(NCCn1cccn1)NCc1oc2ccccc2c1C.I. The summed E-state index contributed by atoms with van der Waals surface area (Å²) in [6.07, 6.45) is 3.72. The number of nitrogens with zero attached hydrogens (tertiary/aromatic N) is 3. The monoisotopic (exact) mass is 439 g/mol. The number of halogens is 1. The lowest BCUT2D eigenvalue weighted by atomic mass is 10.1. The minimum atomic E-state index is 0. The standard InChI is InChI=1S/C17H21N5O.HI/c1-13-14-6-3-4-7-15(14)23-16(13)12-20-17(18-2)19-9-11-22-10-5-8-21-22;/h3-8,10H,9,11-12H2,1-2H3,(H2,18,19,20);1H. The maximum Gasteiger partial charge on any atom is 0.191 e. The highest BCUT2D eigenvalue weighted by molar-refractivity contribution is 14.0. The van der Waals surface area contributed by atoms with Crippen molar-refractivity contribution in [3.8, 4) is 0 Å². The zero-order valence-electron chi connectivity index (χ0n) is 13.8. The van der Waals surface area contributed by atoms with Crippen LogP contribution in [0.3, 0.4) is 0 Å². The molecule has 2 aromatic heterocycles. The molecule has 0 unspecified atom stereocenters. The predicted octanol–water partition coefficient (Wildman–Crippen LogP) is 2.92. The normalized spacial score (nSPS) is 11.3. The van der Waals surface area contributed by atoms with Crippen LogP contribution in [0.2, 0.25) is 0 Å². The Morgan fingerprint density at radius 3 is 2.79 bits per heavy atom. The van der Waals surface area contributed by atoms with Gasteiger partial charge in [-0.15, -0.1) is 24.0 Å². The third-order valence-electron chi connectivity index (χ3n) is 3.78. The van der Waals surface area contributed by atoms with Crippen molar-refractivity contribution in [2.75, 3.05) is 13.6 Å². The smallest absolute Gasteiger partial charge is 0.191 e. The van der Waals surface area contributed by atoms with Crippen LogP contribution in [0.15, 0.2) is 52.1 Å².